The smallest absolute Gasteiger partial charge is 0.336 e. The molecule has 1 fully saturated rings. The van der Waals surface area contributed by atoms with Gasteiger partial charge in [0.15, 0.2) is 0 Å². The highest BCUT2D eigenvalue weighted by Gasteiger charge is 2.37. The molecule has 0 bridgehead atoms. The SMILES string of the molecule is CCOC(=O)C1=C(C)N(CC(=O)NCCCN2CCCC[C@H]2C)C(=O)C[C@@H]1c1ccc(OCc2ccccc2)cc1. The van der Waals surface area contributed by atoms with E-state index in [-0.39, 0.29) is 31.4 Å². The lowest BCUT2D eigenvalue weighted by Gasteiger charge is -2.34. The van der Waals surface area contributed by atoms with Crippen molar-refractivity contribution in [2.45, 2.75) is 71.4 Å². The molecule has 8 heteroatoms. The molecule has 1 N–H and O–H groups in total. The minimum Gasteiger partial charge on any atom is -0.489 e. The van der Waals surface area contributed by atoms with Crippen molar-refractivity contribution in [1.29, 1.82) is 0 Å². The number of esters is 1. The number of nitrogens with zero attached hydrogens (tertiary/aromatic N) is 2. The van der Waals surface area contributed by atoms with E-state index in [4.69, 9.17) is 9.47 Å². The number of piperidine rings is 1. The fourth-order valence-electron chi connectivity index (χ4n) is 5.70. The Morgan fingerprint density at radius 3 is 2.51 bits per heavy atom. The molecule has 0 aliphatic carbocycles. The minimum atomic E-state index is -0.465. The quantitative estimate of drug-likeness (QED) is 0.296. The minimum absolute atomic E-state index is 0.0792. The van der Waals surface area contributed by atoms with Gasteiger partial charge < -0.3 is 24.6 Å². The maximum Gasteiger partial charge on any atom is 0.336 e. The molecule has 2 atom stereocenters. The second kappa shape index (κ2) is 14.8. The summed E-state index contributed by atoms with van der Waals surface area (Å²) < 4.78 is 11.3. The van der Waals surface area contributed by atoms with Gasteiger partial charge in [0.2, 0.25) is 11.8 Å². The second-order valence-electron chi connectivity index (χ2n) is 10.9. The highest BCUT2D eigenvalue weighted by Crippen LogP contribution is 2.37. The maximum atomic E-state index is 13.3. The molecule has 2 heterocycles. The van der Waals surface area contributed by atoms with Crippen LogP contribution in [-0.2, 0) is 25.7 Å². The first-order valence-corrected chi connectivity index (χ1v) is 14.8. The monoisotopic (exact) mass is 561 g/mol. The first kappa shape index (κ1) is 30.3. The topological polar surface area (TPSA) is 88.2 Å². The maximum absolute atomic E-state index is 13.3. The molecule has 220 valence electrons. The van der Waals surface area contributed by atoms with Gasteiger partial charge in [-0.3, -0.25) is 9.59 Å². The predicted octanol–water partition coefficient (Wildman–Crippen LogP) is 4.80. The first-order valence-electron chi connectivity index (χ1n) is 14.8. The molecule has 2 aromatic rings. The van der Waals surface area contributed by atoms with Gasteiger partial charge >= 0.3 is 5.97 Å². The van der Waals surface area contributed by atoms with Gasteiger partial charge in [-0.2, -0.15) is 0 Å². The summed E-state index contributed by atoms with van der Waals surface area (Å²) in [7, 11) is 0. The Labute approximate surface area is 243 Å². The van der Waals surface area contributed by atoms with Crippen LogP contribution in [0.5, 0.6) is 5.75 Å². The Hall–Kier alpha value is -3.65. The van der Waals surface area contributed by atoms with Crippen LogP contribution in [0.1, 0.15) is 69.9 Å². The zero-order valence-corrected chi connectivity index (χ0v) is 24.6. The average molecular weight is 562 g/mol. The number of amides is 2. The van der Waals surface area contributed by atoms with Crippen LogP contribution in [0.3, 0.4) is 0 Å². The zero-order chi connectivity index (χ0) is 29.2. The lowest BCUT2D eigenvalue weighted by molar-refractivity contribution is -0.141. The van der Waals surface area contributed by atoms with E-state index in [2.05, 4.69) is 17.1 Å². The van der Waals surface area contributed by atoms with Gasteiger partial charge in [0, 0.05) is 37.2 Å². The fourth-order valence-corrected chi connectivity index (χ4v) is 5.70. The summed E-state index contributed by atoms with van der Waals surface area (Å²) in [6, 6.07) is 18.0. The van der Waals surface area contributed by atoms with Gasteiger partial charge in [-0.25, -0.2) is 4.79 Å². The molecular formula is C33H43N3O5. The molecule has 2 amide bonds. The van der Waals surface area contributed by atoms with Crippen molar-refractivity contribution in [2.75, 3.05) is 32.8 Å². The number of ether oxygens (including phenoxy) is 2. The van der Waals surface area contributed by atoms with Gasteiger partial charge in [-0.15, -0.1) is 0 Å². The van der Waals surface area contributed by atoms with Gasteiger partial charge in [-0.05, 0) is 69.8 Å². The lowest BCUT2D eigenvalue weighted by atomic mass is 9.83. The molecular weight excluding hydrogens is 518 g/mol. The molecule has 0 aromatic heterocycles. The summed E-state index contributed by atoms with van der Waals surface area (Å²) in [6.07, 6.45) is 4.69. The average Bonchev–Trinajstić information content (AvgIpc) is 2.98. The summed E-state index contributed by atoms with van der Waals surface area (Å²) >= 11 is 0. The summed E-state index contributed by atoms with van der Waals surface area (Å²) in [4.78, 5) is 43.1. The van der Waals surface area contributed by atoms with Crippen molar-refractivity contribution in [1.82, 2.24) is 15.1 Å². The number of allylic oxidation sites excluding steroid dienone is 1. The molecule has 0 radical (unpaired) electrons. The van der Waals surface area contributed by atoms with E-state index in [0.717, 1.165) is 30.6 Å². The number of nitrogens with one attached hydrogen (secondary N) is 1. The summed E-state index contributed by atoms with van der Waals surface area (Å²) in [5, 5.41) is 2.96. The number of hydrogen-bond acceptors (Lipinski definition) is 6. The van der Waals surface area contributed by atoms with Crippen molar-refractivity contribution in [3.8, 4) is 5.75 Å². The van der Waals surface area contributed by atoms with Gasteiger partial charge in [0.1, 0.15) is 18.9 Å². The predicted molar refractivity (Wildman–Crippen MR) is 158 cm³/mol. The molecule has 0 saturated carbocycles. The number of carbonyl (C=O) groups excluding carboxylic acids is 3. The molecule has 41 heavy (non-hydrogen) atoms. The molecule has 8 nitrogen and oxygen atoms in total. The molecule has 1 saturated heterocycles. The molecule has 4 rings (SSSR count). The van der Waals surface area contributed by atoms with Gasteiger partial charge in [0.05, 0.1) is 12.2 Å². The normalized spacial score (nSPS) is 19.7. The third-order valence-corrected chi connectivity index (χ3v) is 8.04. The molecule has 2 aliphatic heterocycles. The van der Waals surface area contributed by atoms with Crippen LogP contribution in [0.2, 0.25) is 0 Å². The van der Waals surface area contributed by atoms with Crippen LogP contribution < -0.4 is 10.1 Å². The Bertz CT molecular complexity index is 1210. The highest BCUT2D eigenvalue weighted by atomic mass is 16.5. The largest absolute Gasteiger partial charge is 0.489 e. The number of carbonyl (C=O) groups is 3. The van der Waals surface area contributed by atoms with E-state index in [1.165, 1.54) is 24.2 Å². The van der Waals surface area contributed by atoms with Crippen molar-refractivity contribution in [3.63, 3.8) is 0 Å². The number of rotatable bonds is 12. The Balaban J connectivity index is 1.40. The fraction of sp³-hybridized carbons (Fsp3) is 0.485. The summed E-state index contributed by atoms with van der Waals surface area (Å²) in [5.74, 6) is -0.650. The third kappa shape index (κ3) is 8.19. The van der Waals surface area contributed by atoms with Gasteiger partial charge in [-0.1, -0.05) is 48.9 Å². The Morgan fingerprint density at radius 2 is 1.80 bits per heavy atom. The number of benzene rings is 2. The van der Waals surface area contributed by atoms with E-state index in [1.807, 2.05) is 54.6 Å². The van der Waals surface area contributed by atoms with E-state index < -0.39 is 11.9 Å². The van der Waals surface area contributed by atoms with Crippen molar-refractivity contribution in [3.05, 3.63) is 77.0 Å². The Morgan fingerprint density at radius 1 is 1.05 bits per heavy atom. The molecule has 2 aromatic carbocycles. The summed E-state index contributed by atoms with van der Waals surface area (Å²) in [5.41, 5.74) is 2.77. The zero-order valence-electron chi connectivity index (χ0n) is 24.6. The third-order valence-electron chi connectivity index (χ3n) is 8.04. The van der Waals surface area contributed by atoms with Crippen LogP contribution in [0.25, 0.3) is 0 Å². The standard InChI is InChI=1S/C33H43N3O5/c1-4-40-33(39)32-25(3)36(22-30(37)34-18-10-20-35-19-9-8-11-24(35)2)31(38)21-29(32)27-14-16-28(17-15-27)41-23-26-12-6-5-7-13-26/h5-7,12-17,24,29H,4,8-11,18-23H2,1-3H3,(H,34,37)/t24-,29-/m1/s1. The molecule has 2 aliphatic rings. The first-order chi connectivity index (χ1) is 19.9. The lowest BCUT2D eigenvalue weighted by Crippen LogP contribution is -2.44. The van der Waals surface area contributed by atoms with Crippen LogP contribution >= 0.6 is 0 Å². The number of likely N-dealkylation sites (tertiary alicyclic amines) is 1. The van der Waals surface area contributed by atoms with Crippen LogP contribution in [0.4, 0.5) is 0 Å². The highest BCUT2D eigenvalue weighted by molar-refractivity contribution is 5.97. The van der Waals surface area contributed by atoms with E-state index in [1.54, 1.807) is 13.8 Å². The second-order valence-corrected chi connectivity index (χ2v) is 10.9. The van der Waals surface area contributed by atoms with Crippen LogP contribution in [0, 0.1) is 0 Å². The van der Waals surface area contributed by atoms with Crippen molar-refractivity contribution < 1.29 is 23.9 Å². The molecule has 0 unspecified atom stereocenters. The van der Waals surface area contributed by atoms with Crippen LogP contribution in [-0.4, -0.2) is 66.4 Å². The van der Waals surface area contributed by atoms with Crippen molar-refractivity contribution in [2.24, 2.45) is 0 Å². The molecule has 0 spiro atoms. The van der Waals surface area contributed by atoms with E-state index >= 15 is 0 Å². The van der Waals surface area contributed by atoms with Crippen molar-refractivity contribution >= 4 is 17.8 Å². The van der Waals surface area contributed by atoms with Gasteiger partial charge in [0.25, 0.3) is 0 Å². The van der Waals surface area contributed by atoms with Crippen LogP contribution in [0.15, 0.2) is 65.9 Å². The van der Waals surface area contributed by atoms with E-state index in [9.17, 15) is 14.4 Å². The Kier molecular flexibility index (Phi) is 11.0. The van der Waals surface area contributed by atoms with E-state index in [0.29, 0.717) is 36.2 Å². The number of hydrogen-bond donors (Lipinski definition) is 1. The summed E-state index contributed by atoms with van der Waals surface area (Å²) in [6.45, 7) is 8.91.